The van der Waals surface area contributed by atoms with Crippen molar-refractivity contribution in [3.63, 3.8) is 0 Å². The van der Waals surface area contributed by atoms with E-state index in [9.17, 15) is 14.7 Å². The molecule has 0 aromatic rings. The molecule has 1 aliphatic heterocycles. The molecule has 0 aliphatic carbocycles. The van der Waals surface area contributed by atoms with Crippen LogP contribution in [-0.2, 0) is 9.59 Å². The normalized spacial score (nSPS) is 21.2. The van der Waals surface area contributed by atoms with Gasteiger partial charge in [0.15, 0.2) is 0 Å². The zero-order valence-electron chi connectivity index (χ0n) is 7.56. The first kappa shape index (κ1) is 9.92. The Kier molecular flexibility index (Phi) is 3.19. The van der Waals surface area contributed by atoms with Crippen molar-refractivity contribution in [3.8, 4) is 0 Å². The smallest absolute Gasteiger partial charge is 0.248 e. The molecule has 0 aromatic carbocycles. The van der Waals surface area contributed by atoms with Gasteiger partial charge in [-0.3, -0.25) is 4.79 Å². The standard InChI is InChI=1S/C9H13NO3/c1-7(11)3-2-6-10-8(12)4-5-9(10)13/h4-5,8,12H,2-3,6H2,1H3. The maximum Gasteiger partial charge on any atom is 0.248 e. The minimum Gasteiger partial charge on any atom is -0.370 e. The van der Waals surface area contributed by atoms with Crippen LogP contribution in [-0.4, -0.2) is 34.5 Å². The van der Waals surface area contributed by atoms with Gasteiger partial charge in [0.1, 0.15) is 12.0 Å². The van der Waals surface area contributed by atoms with Crippen LogP contribution in [0.2, 0.25) is 0 Å². The molecule has 1 heterocycles. The van der Waals surface area contributed by atoms with Gasteiger partial charge in [-0.1, -0.05) is 0 Å². The Hall–Kier alpha value is -1.16. The fourth-order valence-electron chi connectivity index (χ4n) is 1.24. The summed E-state index contributed by atoms with van der Waals surface area (Å²) in [4.78, 5) is 23.0. The summed E-state index contributed by atoms with van der Waals surface area (Å²) in [6, 6.07) is 0. The summed E-state index contributed by atoms with van der Waals surface area (Å²) in [7, 11) is 0. The minimum absolute atomic E-state index is 0.106. The molecule has 0 bridgehead atoms. The number of hydrogen-bond acceptors (Lipinski definition) is 3. The average Bonchev–Trinajstić information content (AvgIpc) is 2.34. The van der Waals surface area contributed by atoms with E-state index in [1.165, 1.54) is 24.0 Å². The second-order valence-corrected chi connectivity index (χ2v) is 3.11. The summed E-state index contributed by atoms with van der Waals surface area (Å²) in [6.07, 6.45) is 3.05. The van der Waals surface area contributed by atoms with E-state index in [4.69, 9.17) is 0 Å². The first-order valence-electron chi connectivity index (χ1n) is 4.27. The number of carbonyl (C=O) groups excluding carboxylic acids is 2. The Morgan fingerprint density at radius 1 is 1.69 bits per heavy atom. The Bertz CT molecular complexity index is 247. The van der Waals surface area contributed by atoms with Crippen LogP contribution < -0.4 is 0 Å². The molecule has 0 saturated carbocycles. The molecular formula is C9H13NO3. The molecule has 72 valence electrons. The molecule has 4 heteroatoms. The predicted octanol–water partition coefficient (Wildman–Crippen LogP) is 0.0724. The van der Waals surface area contributed by atoms with Crippen molar-refractivity contribution in [2.24, 2.45) is 0 Å². The number of rotatable bonds is 4. The molecule has 0 fully saturated rings. The number of aliphatic hydroxyl groups excluding tert-OH is 1. The van der Waals surface area contributed by atoms with Crippen LogP contribution in [0.1, 0.15) is 19.8 Å². The van der Waals surface area contributed by atoms with Gasteiger partial charge >= 0.3 is 0 Å². The average molecular weight is 183 g/mol. The number of aliphatic hydroxyl groups is 1. The molecule has 0 spiro atoms. The van der Waals surface area contributed by atoms with Gasteiger partial charge in [0.2, 0.25) is 5.91 Å². The van der Waals surface area contributed by atoms with E-state index < -0.39 is 6.23 Å². The van der Waals surface area contributed by atoms with E-state index in [2.05, 4.69) is 0 Å². The highest BCUT2D eigenvalue weighted by atomic mass is 16.3. The summed E-state index contributed by atoms with van der Waals surface area (Å²) in [5.41, 5.74) is 0. The van der Waals surface area contributed by atoms with Gasteiger partial charge in [-0.05, 0) is 19.4 Å². The number of hydrogen-bond donors (Lipinski definition) is 1. The molecule has 1 unspecified atom stereocenters. The van der Waals surface area contributed by atoms with Crippen molar-refractivity contribution >= 4 is 11.7 Å². The van der Waals surface area contributed by atoms with Gasteiger partial charge < -0.3 is 14.8 Å². The van der Waals surface area contributed by atoms with E-state index in [0.29, 0.717) is 19.4 Å². The maximum absolute atomic E-state index is 11.1. The van der Waals surface area contributed by atoms with E-state index in [1.54, 1.807) is 0 Å². The molecule has 1 aliphatic rings. The van der Waals surface area contributed by atoms with Gasteiger partial charge in [-0.25, -0.2) is 0 Å². The number of ketones is 1. The van der Waals surface area contributed by atoms with Crippen molar-refractivity contribution in [2.75, 3.05) is 6.54 Å². The topological polar surface area (TPSA) is 57.6 Å². The lowest BCUT2D eigenvalue weighted by Crippen LogP contribution is -2.34. The van der Waals surface area contributed by atoms with Crippen molar-refractivity contribution in [2.45, 2.75) is 26.0 Å². The van der Waals surface area contributed by atoms with Gasteiger partial charge in [0.05, 0.1) is 0 Å². The fraction of sp³-hybridized carbons (Fsp3) is 0.556. The van der Waals surface area contributed by atoms with Crippen LogP contribution in [0, 0.1) is 0 Å². The molecular weight excluding hydrogens is 170 g/mol. The molecule has 1 atom stereocenters. The molecule has 1 rings (SSSR count). The highest BCUT2D eigenvalue weighted by molar-refractivity contribution is 5.90. The van der Waals surface area contributed by atoms with Crippen LogP contribution in [0.15, 0.2) is 12.2 Å². The minimum atomic E-state index is -0.806. The summed E-state index contributed by atoms with van der Waals surface area (Å²) in [6.45, 7) is 1.95. The predicted molar refractivity (Wildman–Crippen MR) is 46.8 cm³/mol. The van der Waals surface area contributed by atoms with Gasteiger partial charge in [-0.15, -0.1) is 0 Å². The largest absolute Gasteiger partial charge is 0.370 e. The Morgan fingerprint density at radius 3 is 2.85 bits per heavy atom. The zero-order valence-corrected chi connectivity index (χ0v) is 7.56. The van der Waals surface area contributed by atoms with Crippen molar-refractivity contribution in [3.05, 3.63) is 12.2 Å². The molecule has 1 amide bonds. The number of carbonyl (C=O) groups is 2. The summed E-state index contributed by atoms with van der Waals surface area (Å²) in [5.74, 6) is -0.0786. The van der Waals surface area contributed by atoms with E-state index in [-0.39, 0.29) is 11.7 Å². The monoisotopic (exact) mass is 183 g/mol. The SMILES string of the molecule is CC(=O)CCCN1C(=O)C=CC1O. The van der Waals surface area contributed by atoms with E-state index in [0.717, 1.165) is 0 Å². The first-order chi connectivity index (χ1) is 6.11. The molecule has 4 nitrogen and oxygen atoms in total. The van der Waals surface area contributed by atoms with Crippen LogP contribution in [0.5, 0.6) is 0 Å². The summed E-state index contributed by atoms with van der Waals surface area (Å²) >= 11 is 0. The zero-order chi connectivity index (χ0) is 9.84. The fourth-order valence-corrected chi connectivity index (χ4v) is 1.24. The third kappa shape index (κ3) is 2.66. The van der Waals surface area contributed by atoms with Crippen LogP contribution in [0.3, 0.4) is 0 Å². The molecule has 0 radical (unpaired) electrons. The molecule has 13 heavy (non-hydrogen) atoms. The Labute approximate surface area is 76.8 Å². The molecule has 0 aromatic heterocycles. The van der Waals surface area contributed by atoms with Crippen LogP contribution in [0.4, 0.5) is 0 Å². The quantitative estimate of drug-likeness (QED) is 0.671. The van der Waals surface area contributed by atoms with Crippen molar-refractivity contribution < 1.29 is 14.7 Å². The lowest BCUT2D eigenvalue weighted by molar-refractivity contribution is -0.131. The number of amides is 1. The first-order valence-corrected chi connectivity index (χ1v) is 4.27. The second kappa shape index (κ2) is 4.18. The third-order valence-corrected chi connectivity index (χ3v) is 1.94. The molecule has 1 N–H and O–H groups in total. The summed E-state index contributed by atoms with van der Waals surface area (Å²) < 4.78 is 0. The van der Waals surface area contributed by atoms with Gasteiger partial charge in [0.25, 0.3) is 0 Å². The maximum atomic E-state index is 11.1. The second-order valence-electron chi connectivity index (χ2n) is 3.11. The Balaban J connectivity index is 2.29. The third-order valence-electron chi connectivity index (χ3n) is 1.94. The Morgan fingerprint density at radius 2 is 2.38 bits per heavy atom. The van der Waals surface area contributed by atoms with Gasteiger partial charge in [0, 0.05) is 19.0 Å². The van der Waals surface area contributed by atoms with Crippen LogP contribution in [0.25, 0.3) is 0 Å². The van der Waals surface area contributed by atoms with Crippen molar-refractivity contribution in [1.29, 1.82) is 0 Å². The van der Waals surface area contributed by atoms with Crippen molar-refractivity contribution in [1.82, 2.24) is 4.90 Å². The lowest BCUT2D eigenvalue weighted by Gasteiger charge is -2.19. The molecule has 0 saturated heterocycles. The van der Waals surface area contributed by atoms with E-state index in [1.807, 2.05) is 0 Å². The highest BCUT2D eigenvalue weighted by Crippen LogP contribution is 2.09. The number of nitrogens with zero attached hydrogens (tertiary/aromatic N) is 1. The van der Waals surface area contributed by atoms with Gasteiger partial charge in [-0.2, -0.15) is 0 Å². The lowest BCUT2D eigenvalue weighted by atomic mass is 10.2. The highest BCUT2D eigenvalue weighted by Gasteiger charge is 2.22. The summed E-state index contributed by atoms with van der Waals surface area (Å²) in [5, 5.41) is 9.26. The van der Waals surface area contributed by atoms with E-state index >= 15 is 0 Å². The number of Topliss-reactive ketones (excluding diaryl/α,β-unsaturated/α-hetero) is 1. The van der Waals surface area contributed by atoms with Crippen LogP contribution >= 0.6 is 0 Å².